The van der Waals surface area contributed by atoms with Crippen LogP contribution in [-0.2, 0) is 20.8 Å². The molecule has 0 spiro atoms. The fraction of sp³-hybridized carbons (Fsp3) is 0.625. The molecule has 124 valence electrons. The monoisotopic (exact) mass is 314 g/mol. The van der Waals surface area contributed by atoms with Gasteiger partial charge in [0.2, 0.25) is 0 Å². The maximum absolute atomic E-state index is 12.9. The molecule has 0 unspecified atom stereocenters. The van der Waals surface area contributed by atoms with Crippen molar-refractivity contribution in [3.63, 3.8) is 0 Å². The van der Waals surface area contributed by atoms with Gasteiger partial charge in [0.15, 0.2) is 6.29 Å². The van der Waals surface area contributed by atoms with Crippen molar-refractivity contribution in [2.45, 2.75) is 57.6 Å². The maximum atomic E-state index is 12.9. The highest BCUT2D eigenvalue weighted by molar-refractivity contribution is 5.15. The zero-order chi connectivity index (χ0) is 16.3. The highest BCUT2D eigenvalue weighted by Crippen LogP contribution is 2.25. The highest BCUT2D eigenvalue weighted by Gasteiger charge is 2.42. The van der Waals surface area contributed by atoms with Gasteiger partial charge in [-0.3, -0.25) is 0 Å². The highest BCUT2D eigenvalue weighted by atomic mass is 19.1. The summed E-state index contributed by atoms with van der Waals surface area (Å²) in [6.07, 6.45) is -3.60. The van der Waals surface area contributed by atoms with Crippen LogP contribution in [0, 0.1) is 5.82 Å². The van der Waals surface area contributed by atoms with E-state index in [1.54, 1.807) is 12.1 Å². The summed E-state index contributed by atoms with van der Waals surface area (Å²) in [6.45, 7) is 5.72. The number of benzene rings is 1. The summed E-state index contributed by atoms with van der Waals surface area (Å²) < 4.78 is 29.5. The summed E-state index contributed by atoms with van der Waals surface area (Å²) in [6, 6.07) is 5.87. The molecule has 5 nitrogen and oxygen atoms in total. The molecule has 4 atom stereocenters. The van der Waals surface area contributed by atoms with Crippen LogP contribution in [0.15, 0.2) is 24.3 Å². The van der Waals surface area contributed by atoms with Crippen molar-refractivity contribution >= 4 is 0 Å². The van der Waals surface area contributed by atoms with Crippen molar-refractivity contribution in [1.82, 2.24) is 0 Å². The Labute approximate surface area is 129 Å². The molecule has 1 aromatic carbocycles. The molecule has 1 aliphatic rings. The molecule has 0 amide bonds. The lowest BCUT2D eigenvalue weighted by Gasteiger charge is -2.41. The molecule has 0 radical (unpaired) electrons. The van der Waals surface area contributed by atoms with E-state index in [1.165, 1.54) is 12.1 Å². The lowest BCUT2D eigenvalue weighted by molar-refractivity contribution is -0.290. The second-order valence-electron chi connectivity index (χ2n) is 6.39. The van der Waals surface area contributed by atoms with Gasteiger partial charge in [0.25, 0.3) is 0 Å². The Hall–Kier alpha value is -1.05. The first-order valence-electron chi connectivity index (χ1n) is 7.28. The number of hydrogen-bond donors (Lipinski definition) is 2. The molecule has 0 aliphatic carbocycles. The smallest absolute Gasteiger partial charge is 0.183 e. The van der Waals surface area contributed by atoms with E-state index in [0.29, 0.717) is 0 Å². The van der Waals surface area contributed by atoms with E-state index in [2.05, 4.69) is 0 Å². The van der Waals surface area contributed by atoms with Crippen molar-refractivity contribution in [3.05, 3.63) is 35.6 Å². The molecule has 1 aliphatic heterocycles. The van der Waals surface area contributed by atoms with E-state index < -0.39 is 30.2 Å². The van der Waals surface area contributed by atoms with Crippen molar-refractivity contribution < 1.29 is 28.8 Å². The van der Waals surface area contributed by atoms with Gasteiger partial charge in [-0.2, -0.15) is 0 Å². The molecule has 2 N–H and O–H groups in total. The van der Waals surface area contributed by atoms with Crippen LogP contribution in [0.2, 0.25) is 0 Å². The molecule has 0 aromatic heterocycles. The van der Waals surface area contributed by atoms with Crippen LogP contribution in [0.1, 0.15) is 26.3 Å². The first-order chi connectivity index (χ1) is 10.3. The van der Waals surface area contributed by atoms with Gasteiger partial charge in [-0.15, -0.1) is 0 Å². The predicted molar refractivity (Wildman–Crippen MR) is 77.6 cm³/mol. The van der Waals surface area contributed by atoms with Crippen LogP contribution in [0.4, 0.5) is 4.39 Å². The van der Waals surface area contributed by atoms with Crippen molar-refractivity contribution in [1.29, 1.82) is 0 Å². The zero-order valence-electron chi connectivity index (χ0n) is 13.0. The van der Waals surface area contributed by atoms with E-state index >= 15 is 0 Å². The number of rotatable bonds is 4. The molecule has 22 heavy (non-hydrogen) atoms. The molecule has 1 heterocycles. The van der Waals surface area contributed by atoms with E-state index in [1.807, 2.05) is 20.8 Å². The number of aliphatic hydroxyl groups excluding tert-OH is 2. The second kappa shape index (κ2) is 7.02. The van der Waals surface area contributed by atoms with Gasteiger partial charge < -0.3 is 24.4 Å². The Kier molecular flexibility index (Phi) is 5.52. The van der Waals surface area contributed by atoms with E-state index in [-0.39, 0.29) is 19.0 Å². The summed E-state index contributed by atoms with van der Waals surface area (Å²) in [7, 11) is 0. The molecule has 1 saturated heterocycles. The average molecular weight is 314 g/mol. The van der Waals surface area contributed by atoms with Gasteiger partial charge in [0, 0.05) is 0 Å². The van der Waals surface area contributed by atoms with Crippen LogP contribution in [0.3, 0.4) is 0 Å². The van der Waals surface area contributed by atoms with Gasteiger partial charge >= 0.3 is 0 Å². The lowest BCUT2D eigenvalue weighted by Crippen LogP contribution is -2.57. The third kappa shape index (κ3) is 4.72. The number of ether oxygens (including phenoxy) is 3. The number of halogens is 1. The second-order valence-corrected chi connectivity index (χ2v) is 6.39. The third-order valence-electron chi connectivity index (χ3n) is 3.27. The van der Waals surface area contributed by atoms with E-state index in [9.17, 15) is 14.6 Å². The lowest BCUT2D eigenvalue weighted by atomic mass is 10.0. The van der Waals surface area contributed by atoms with Crippen LogP contribution in [0.5, 0.6) is 0 Å². The minimum atomic E-state index is -1.18. The molecular weight excluding hydrogens is 291 g/mol. The third-order valence-corrected chi connectivity index (χ3v) is 3.27. The topological polar surface area (TPSA) is 68.2 Å². The Bertz CT molecular complexity index is 470. The first kappa shape index (κ1) is 17.3. The summed E-state index contributed by atoms with van der Waals surface area (Å²) in [5, 5.41) is 20.0. The van der Waals surface area contributed by atoms with E-state index in [0.717, 1.165) is 5.56 Å². The van der Waals surface area contributed by atoms with Crippen LogP contribution < -0.4 is 0 Å². The van der Waals surface area contributed by atoms with Crippen molar-refractivity contribution in [2.75, 3.05) is 6.61 Å². The van der Waals surface area contributed by atoms with Crippen LogP contribution in [-0.4, -0.2) is 47.0 Å². The minimum absolute atomic E-state index is 0.0156. The van der Waals surface area contributed by atoms with Gasteiger partial charge in [0.1, 0.15) is 24.1 Å². The predicted octanol–water partition coefficient (Wildman–Crippen LogP) is 1.60. The molecule has 6 heteroatoms. The Morgan fingerprint density at radius 3 is 2.41 bits per heavy atom. The Morgan fingerprint density at radius 1 is 1.18 bits per heavy atom. The quantitative estimate of drug-likeness (QED) is 0.883. The SMILES string of the molecule is CC(C)(C)O[C@@H]1[C@@H](OCc2ccc(F)cc2)[C@@H](O)OC[C@@H]1O. The zero-order valence-corrected chi connectivity index (χ0v) is 13.0. The Balaban J connectivity index is 2.04. The number of hydrogen-bond acceptors (Lipinski definition) is 5. The summed E-state index contributed by atoms with van der Waals surface area (Å²) in [4.78, 5) is 0. The summed E-state index contributed by atoms with van der Waals surface area (Å²) in [5.74, 6) is -0.325. The minimum Gasteiger partial charge on any atom is -0.388 e. The van der Waals surface area contributed by atoms with Crippen molar-refractivity contribution in [2.24, 2.45) is 0 Å². The molecule has 2 rings (SSSR count). The Morgan fingerprint density at radius 2 is 1.82 bits per heavy atom. The van der Waals surface area contributed by atoms with Gasteiger partial charge in [-0.05, 0) is 38.5 Å². The largest absolute Gasteiger partial charge is 0.388 e. The molecule has 1 aromatic rings. The molecule has 0 saturated carbocycles. The van der Waals surface area contributed by atoms with Crippen LogP contribution >= 0.6 is 0 Å². The molecular formula is C16H23FO5. The van der Waals surface area contributed by atoms with Gasteiger partial charge in [0.05, 0.1) is 18.8 Å². The van der Waals surface area contributed by atoms with E-state index in [4.69, 9.17) is 14.2 Å². The fourth-order valence-electron chi connectivity index (χ4n) is 2.27. The van der Waals surface area contributed by atoms with Gasteiger partial charge in [-0.25, -0.2) is 4.39 Å². The summed E-state index contributed by atoms with van der Waals surface area (Å²) in [5.41, 5.74) is 0.253. The number of aliphatic hydroxyl groups is 2. The molecule has 1 fully saturated rings. The summed E-state index contributed by atoms with van der Waals surface area (Å²) >= 11 is 0. The van der Waals surface area contributed by atoms with Crippen molar-refractivity contribution in [3.8, 4) is 0 Å². The normalized spacial score (nSPS) is 29.5. The van der Waals surface area contributed by atoms with Gasteiger partial charge in [-0.1, -0.05) is 12.1 Å². The van der Waals surface area contributed by atoms with Crippen LogP contribution in [0.25, 0.3) is 0 Å². The fourth-order valence-corrected chi connectivity index (χ4v) is 2.27. The first-order valence-corrected chi connectivity index (χ1v) is 7.28. The maximum Gasteiger partial charge on any atom is 0.183 e. The average Bonchev–Trinajstić information content (AvgIpc) is 2.43. The molecule has 0 bridgehead atoms. The standard InChI is InChI=1S/C16H23FO5/c1-16(2,3)22-13-12(18)9-21-15(19)14(13)20-8-10-4-6-11(17)7-5-10/h4-7,12-15,18-19H,8-9H2,1-3H3/t12-,13-,14+,15-/m0/s1.